The second-order valence-corrected chi connectivity index (χ2v) is 0.831. The summed E-state index contributed by atoms with van der Waals surface area (Å²) in [5.41, 5.74) is 0. The van der Waals surface area contributed by atoms with E-state index in [1.807, 2.05) is 0 Å². The molecule has 0 saturated heterocycles. The van der Waals surface area contributed by atoms with Crippen molar-refractivity contribution < 1.29 is 39.5 Å². The maximum absolute atomic E-state index is 9.25. The van der Waals surface area contributed by atoms with Gasteiger partial charge >= 0.3 is 35.5 Å². The maximum atomic E-state index is 9.25. The molecule has 0 aromatic carbocycles. The number of carboxylic acids is 1. The van der Waals surface area contributed by atoms with Gasteiger partial charge in [0, 0.05) is 6.08 Å². The van der Waals surface area contributed by atoms with Gasteiger partial charge in [-0.3, -0.25) is 0 Å². The van der Waals surface area contributed by atoms with Gasteiger partial charge < -0.3 is 5.11 Å². The summed E-state index contributed by atoms with van der Waals surface area (Å²) in [6.45, 7) is 9.46. The maximum Gasteiger partial charge on any atom is 1.00 e. The van der Waals surface area contributed by atoms with Gasteiger partial charge in [-0.2, -0.15) is 0 Å². The summed E-state index contributed by atoms with van der Waals surface area (Å²) in [5.74, 6) is -0.981. The van der Waals surface area contributed by atoms with E-state index in [1.165, 1.54) is 6.08 Å². The zero-order chi connectivity index (χ0) is 6.99. The predicted molar refractivity (Wildman–Crippen MR) is 33.4 cm³/mol. The monoisotopic (exact) mass is 136 g/mol. The molecule has 0 aliphatic carbocycles. The van der Waals surface area contributed by atoms with E-state index in [-0.39, 0.29) is 29.6 Å². The molecule has 0 amide bonds. The van der Waals surface area contributed by atoms with Crippen molar-refractivity contribution in [2.45, 2.75) is 0 Å². The van der Waals surface area contributed by atoms with Crippen molar-refractivity contribution in [3.8, 4) is 0 Å². The summed E-state index contributed by atoms with van der Waals surface area (Å²) < 4.78 is 0. The molecule has 3 heteroatoms. The second kappa shape index (κ2) is 15.7. The number of rotatable bonds is 1. The third kappa shape index (κ3) is 80.0. The summed E-state index contributed by atoms with van der Waals surface area (Å²) in [6, 6.07) is 0. The molecule has 0 heterocycles. The first-order valence-electron chi connectivity index (χ1n) is 1.94. The van der Waals surface area contributed by atoms with Crippen LogP contribution in [-0.4, -0.2) is 11.1 Å². The molecule has 0 spiro atoms. The Kier molecular flexibility index (Phi) is 27.7. The number of hydrogen-bond donors (Lipinski definition) is 1. The molecule has 0 aromatic heterocycles. The van der Waals surface area contributed by atoms with Gasteiger partial charge in [0.25, 0.3) is 0 Å². The fourth-order valence-electron chi connectivity index (χ4n) is 0. The third-order valence-electron chi connectivity index (χ3n) is 0.175. The molecule has 0 unspecified atom stereocenters. The topological polar surface area (TPSA) is 37.3 Å². The van der Waals surface area contributed by atoms with E-state index in [2.05, 4.69) is 20.1 Å². The molecule has 1 N–H and O–H groups in total. The molecule has 0 bridgehead atoms. The number of carbonyl (C=O) groups is 1. The SMILES string of the molecule is C=CC(=O)O.C=C[CH2-].[Na+]. The Labute approximate surface area is 77.6 Å². The Balaban J connectivity index is -0.0000000800. The molecule has 9 heavy (non-hydrogen) atoms. The van der Waals surface area contributed by atoms with Crippen LogP contribution in [0.2, 0.25) is 0 Å². The summed E-state index contributed by atoms with van der Waals surface area (Å²) in [7, 11) is 0. The minimum Gasteiger partial charge on any atom is -0.478 e. The van der Waals surface area contributed by atoms with Gasteiger partial charge in [0.1, 0.15) is 0 Å². The van der Waals surface area contributed by atoms with Crippen LogP contribution in [0.15, 0.2) is 25.3 Å². The summed E-state index contributed by atoms with van der Waals surface area (Å²) in [6.07, 6.45) is 2.33. The van der Waals surface area contributed by atoms with Crippen molar-refractivity contribution in [2.24, 2.45) is 0 Å². The van der Waals surface area contributed by atoms with Gasteiger partial charge in [-0.05, 0) is 0 Å². The normalized spacial score (nSPS) is 4.89. The van der Waals surface area contributed by atoms with Crippen molar-refractivity contribution in [2.75, 3.05) is 0 Å². The Morgan fingerprint density at radius 1 is 1.56 bits per heavy atom. The summed E-state index contributed by atoms with van der Waals surface area (Å²) >= 11 is 0. The molecule has 0 aliphatic rings. The Hall–Kier alpha value is -0.180. The molecule has 0 rings (SSSR count). The van der Waals surface area contributed by atoms with E-state index in [0.29, 0.717) is 0 Å². The standard InChI is InChI=1S/C3H4O2.C3H5.Na/c1-2-3(4)5;1-3-2;/h2H,1H2,(H,4,5);3H,1-2H2;/q;-1;+1. The largest absolute Gasteiger partial charge is 1.00 e. The predicted octanol–water partition coefficient (Wildman–Crippen LogP) is -1.73. The average Bonchev–Trinajstić information content (AvgIpc) is 1.69. The molecule has 0 atom stereocenters. The van der Waals surface area contributed by atoms with Crippen LogP contribution in [-0.2, 0) is 4.79 Å². The molecule has 0 radical (unpaired) electrons. The minimum atomic E-state index is -0.981. The van der Waals surface area contributed by atoms with Crippen LogP contribution in [0.5, 0.6) is 0 Å². The summed E-state index contributed by atoms with van der Waals surface area (Å²) in [4.78, 5) is 9.25. The smallest absolute Gasteiger partial charge is 0.478 e. The molecule has 0 fully saturated rings. The Bertz CT molecular complexity index is 89.1. The van der Waals surface area contributed by atoms with Gasteiger partial charge in [-0.1, -0.05) is 6.58 Å². The van der Waals surface area contributed by atoms with Crippen molar-refractivity contribution >= 4 is 5.97 Å². The van der Waals surface area contributed by atoms with Gasteiger partial charge in [-0.25, -0.2) is 24.4 Å². The van der Waals surface area contributed by atoms with Crippen LogP contribution < -0.4 is 29.6 Å². The van der Waals surface area contributed by atoms with Gasteiger partial charge in [-0.15, -0.1) is 0 Å². The van der Waals surface area contributed by atoms with Crippen LogP contribution in [0, 0.1) is 6.92 Å². The van der Waals surface area contributed by atoms with Crippen molar-refractivity contribution in [3.63, 3.8) is 0 Å². The molecular formula is C6H9NaO2. The Morgan fingerprint density at radius 2 is 1.67 bits per heavy atom. The van der Waals surface area contributed by atoms with Crippen LogP contribution in [0.1, 0.15) is 0 Å². The average molecular weight is 136 g/mol. The van der Waals surface area contributed by atoms with E-state index in [4.69, 9.17) is 5.11 Å². The van der Waals surface area contributed by atoms with E-state index in [9.17, 15) is 4.79 Å². The van der Waals surface area contributed by atoms with Gasteiger partial charge in [0.2, 0.25) is 0 Å². The third-order valence-corrected chi connectivity index (χ3v) is 0.175. The molecular weight excluding hydrogens is 127 g/mol. The van der Waals surface area contributed by atoms with Crippen LogP contribution in [0.25, 0.3) is 0 Å². The first-order chi connectivity index (χ1) is 3.68. The van der Waals surface area contributed by atoms with E-state index >= 15 is 0 Å². The molecule has 46 valence electrons. The summed E-state index contributed by atoms with van der Waals surface area (Å²) in [5, 5.41) is 7.60. The van der Waals surface area contributed by atoms with Crippen molar-refractivity contribution in [1.82, 2.24) is 0 Å². The number of aliphatic carboxylic acids is 1. The zero-order valence-electron chi connectivity index (χ0n) is 5.63. The quantitative estimate of drug-likeness (QED) is 0.264. The van der Waals surface area contributed by atoms with E-state index in [0.717, 1.165) is 6.08 Å². The first-order valence-corrected chi connectivity index (χ1v) is 1.94. The van der Waals surface area contributed by atoms with Gasteiger partial charge in [0.05, 0.1) is 0 Å². The number of allylic oxidation sites excluding steroid dienone is 1. The van der Waals surface area contributed by atoms with Crippen molar-refractivity contribution in [3.05, 3.63) is 32.2 Å². The molecule has 0 aliphatic heterocycles. The van der Waals surface area contributed by atoms with Crippen LogP contribution in [0.4, 0.5) is 0 Å². The van der Waals surface area contributed by atoms with E-state index < -0.39 is 5.97 Å². The first kappa shape index (κ1) is 15.9. The molecule has 0 saturated carbocycles. The fourth-order valence-corrected chi connectivity index (χ4v) is 0. The van der Waals surface area contributed by atoms with Crippen LogP contribution in [0.3, 0.4) is 0 Å². The fraction of sp³-hybridized carbons (Fsp3) is 0. The second-order valence-electron chi connectivity index (χ2n) is 0.831. The Morgan fingerprint density at radius 3 is 1.67 bits per heavy atom. The van der Waals surface area contributed by atoms with E-state index in [1.54, 1.807) is 0 Å². The number of hydrogen-bond acceptors (Lipinski definition) is 1. The number of carboxylic acid groups (broad SMARTS) is 1. The van der Waals surface area contributed by atoms with Crippen LogP contribution >= 0.6 is 0 Å². The van der Waals surface area contributed by atoms with Crippen molar-refractivity contribution in [1.29, 1.82) is 0 Å². The zero-order valence-corrected chi connectivity index (χ0v) is 7.63. The minimum absolute atomic E-state index is 0. The molecule has 0 aromatic rings. The molecule has 2 nitrogen and oxygen atoms in total. The van der Waals surface area contributed by atoms with Gasteiger partial charge in [0.15, 0.2) is 0 Å².